The second-order valence-corrected chi connectivity index (χ2v) is 4.52. The minimum Gasteiger partial charge on any atom is -0.356 e. The van der Waals surface area contributed by atoms with E-state index in [-0.39, 0.29) is 5.78 Å². The van der Waals surface area contributed by atoms with Crippen LogP contribution in [0.25, 0.3) is 0 Å². The highest BCUT2D eigenvalue weighted by Crippen LogP contribution is 2.20. The molecule has 0 spiro atoms. The molecule has 0 aliphatic heterocycles. The van der Waals surface area contributed by atoms with Crippen molar-refractivity contribution in [2.45, 2.75) is 27.7 Å². The van der Waals surface area contributed by atoms with E-state index in [1.54, 1.807) is 0 Å². The van der Waals surface area contributed by atoms with Crippen LogP contribution in [0.1, 0.15) is 38.4 Å². The molecule has 1 heterocycles. The van der Waals surface area contributed by atoms with Gasteiger partial charge in [-0.15, -0.1) is 0 Å². The van der Waals surface area contributed by atoms with Gasteiger partial charge in [0, 0.05) is 11.3 Å². The summed E-state index contributed by atoms with van der Waals surface area (Å²) in [6.07, 6.45) is 0. The minimum absolute atomic E-state index is 0.0804. The molecular weight excluding hydrogens is 210 g/mol. The first-order valence-electron chi connectivity index (χ1n) is 5.78. The molecule has 17 heavy (non-hydrogen) atoms. The highest BCUT2D eigenvalue weighted by atomic mass is 16.1. The van der Waals surface area contributed by atoms with Gasteiger partial charge < -0.3 is 4.98 Å². The molecule has 2 aromatic rings. The third-order valence-corrected chi connectivity index (χ3v) is 3.43. The SMILES string of the molecule is Cc1ccccc1C(=O)c1[nH]c(C)c(C)c1C. The van der Waals surface area contributed by atoms with Crippen LogP contribution in [0, 0.1) is 27.7 Å². The largest absolute Gasteiger partial charge is 0.356 e. The predicted octanol–water partition coefficient (Wildman–Crippen LogP) is 3.48. The highest BCUT2D eigenvalue weighted by molar-refractivity contribution is 6.09. The van der Waals surface area contributed by atoms with Crippen LogP contribution in [-0.2, 0) is 0 Å². The first kappa shape index (κ1) is 11.6. The molecule has 0 atom stereocenters. The average molecular weight is 227 g/mol. The number of hydrogen-bond donors (Lipinski definition) is 1. The predicted molar refractivity (Wildman–Crippen MR) is 69.6 cm³/mol. The first-order chi connectivity index (χ1) is 8.02. The van der Waals surface area contributed by atoms with Crippen molar-refractivity contribution >= 4 is 5.78 Å². The molecule has 0 saturated heterocycles. The number of carbonyl (C=O) groups excluding carboxylic acids is 1. The number of nitrogens with one attached hydrogen (secondary N) is 1. The summed E-state index contributed by atoms with van der Waals surface area (Å²) in [7, 11) is 0. The molecule has 0 amide bonds. The Bertz CT molecular complexity index is 579. The summed E-state index contributed by atoms with van der Waals surface area (Å²) in [6.45, 7) is 7.99. The molecule has 1 N–H and O–H groups in total. The molecule has 0 aliphatic carbocycles. The second kappa shape index (κ2) is 4.21. The Morgan fingerprint density at radius 2 is 1.65 bits per heavy atom. The van der Waals surface area contributed by atoms with Crippen LogP contribution < -0.4 is 0 Å². The Kier molecular flexibility index (Phi) is 2.88. The van der Waals surface area contributed by atoms with E-state index in [2.05, 4.69) is 4.98 Å². The summed E-state index contributed by atoms with van der Waals surface area (Å²) in [4.78, 5) is 15.6. The number of hydrogen-bond acceptors (Lipinski definition) is 1. The smallest absolute Gasteiger partial charge is 0.209 e. The van der Waals surface area contributed by atoms with E-state index in [0.717, 1.165) is 22.4 Å². The lowest BCUT2D eigenvalue weighted by Crippen LogP contribution is -2.05. The van der Waals surface area contributed by atoms with Gasteiger partial charge in [0.25, 0.3) is 0 Å². The molecule has 2 nitrogen and oxygen atoms in total. The summed E-state index contributed by atoms with van der Waals surface area (Å²) >= 11 is 0. The fourth-order valence-corrected chi connectivity index (χ4v) is 2.03. The fourth-order valence-electron chi connectivity index (χ4n) is 2.03. The Morgan fingerprint density at radius 3 is 2.18 bits per heavy atom. The van der Waals surface area contributed by atoms with Crippen LogP contribution in [0.4, 0.5) is 0 Å². The van der Waals surface area contributed by atoms with Crippen molar-refractivity contribution in [2.24, 2.45) is 0 Å². The van der Waals surface area contributed by atoms with Gasteiger partial charge in [0.1, 0.15) is 0 Å². The van der Waals surface area contributed by atoms with E-state index in [9.17, 15) is 4.79 Å². The summed E-state index contributed by atoms with van der Waals surface area (Å²) < 4.78 is 0. The molecule has 2 heteroatoms. The topological polar surface area (TPSA) is 32.9 Å². The molecule has 88 valence electrons. The van der Waals surface area contributed by atoms with Crippen LogP contribution in [0.5, 0.6) is 0 Å². The van der Waals surface area contributed by atoms with Crippen molar-refractivity contribution in [1.29, 1.82) is 0 Å². The van der Waals surface area contributed by atoms with Crippen LogP contribution in [0.2, 0.25) is 0 Å². The molecule has 0 unspecified atom stereocenters. The monoisotopic (exact) mass is 227 g/mol. The first-order valence-corrected chi connectivity index (χ1v) is 5.78. The van der Waals surface area contributed by atoms with Crippen LogP contribution >= 0.6 is 0 Å². The molecule has 1 aromatic carbocycles. The van der Waals surface area contributed by atoms with Crippen LogP contribution in [0.15, 0.2) is 24.3 Å². The Hall–Kier alpha value is -1.83. The number of aromatic amines is 1. The lowest BCUT2D eigenvalue weighted by molar-refractivity contribution is 0.103. The van der Waals surface area contributed by atoms with Crippen molar-refractivity contribution in [3.63, 3.8) is 0 Å². The van der Waals surface area contributed by atoms with Crippen LogP contribution in [-0.4, -0.2) is 10.8 Å². The maximum atomic E-state index is 12.4. The van der Waals surface area contributed by atoms with Gasteiger partial charge in [-0.25, -0.2) is 0 Å². The number of ketones is 1. The van der Waals surface area contributed by atoms with Crippen molar-refractivity contribution in [3.05, 3.63) is 57.9 Å². The zero-order valence-corrected chi connectivity index (χ0v) is 10.7. The lowest BCUT2D eigenvalue weighted by atomic mass is 10.0. The summed E-state index contributed by atoms with van der Waals surface area (Å²) in [6, 6.07) is 7.69. The second-order valence-electron chi connectivity index (χ2n) is 4.52. The average Bonchev–Trinajstić information content (AvgIpc) is 2.57. The van der Waals surface area contributed by atoms with E-state index < -0.39 is 0 Å². The number of aromatic nitrogens is 1. The van der Waals surface area contributed by atoms with Gasteiger partial charge in [0.15, 0.2) is 0 Å². The van der Waals surface area contributed by atoms with E-state index in [1.807, 2.05) is 52.0 Å². The molecule has 0 radical (unpaired) electrons. The van der Waals surface area contributed by atoms with Crippen molar-refractivity contribution in [1.82, 2.24) is 4.98 Å². The molecule has 0 aliphatic rings. The molecule has 1 aromatic heterocycles. The summed E-state index contributed by atoms with van der Waals surface area (Å²) in [5.41, 5.74) is 5.80. The van der Waals surface area contributed by atoms with Gasteiger partial charge >= 0.3 is 0 Å². The van der Waals surface area contributed by atoms with E-state index in [0.29, 0.717) is 5.69 Å². The van der Waals surface area contributed by atoms with Crippen molar-refractivity contribution in [2.75, 3.05) is 0 Å². The molecule has 2 rings (SSSR count). The Labute approximate surface area is 102 Å². The molecule has 0 bridgehead atoms. The summed E-state index contributed by atoms with van der Waals surface area (Å²) in [5, 5.41) is 0. The highest BCUT2D eigenvalue weighted by Gasteiger charge is 2.17. The normalized spacial score (nSPS) is 10.6. The Balaban J connectivity index is 2.52. The minimum atomic E-state index is 0.0804. The van der Waals surface area contributed by atoms with Gasteiger partial charge in [0.2, 0.25) is 5.78 Å². The van der Waals surface area contributed by atoms with Gasteiger partial charge in [-0.2, -0.15) is 0 Å². The standard InChI is InChI=1S/C15H17NO/c1-9-7-5-6-8-13(9)15(17)14-11(3)10(2)12(4)16-14/h5-8,16H,1-4H3. The third kappa shape index (κ3) is 1.91. The van der Waals surface area contributed by atoms with E-state index in [1.165, 1.54) is 5.56 Å². The number of benzene rings is 1. The molecule has 0 fully saturated rings. The quantitative estimate of drug-likeness (QED) is 0.783. The van der Waals surface area contributed by atoms with Crippen LogP contribution in [0.3, 0.4) is 0 Å². The van der Waals surface area contributed by atoms with Gasteiger partial charge in [-0.05, 0) is 44.4 Å². The zero-order valence-electron chi connectivity index (χ0n) is 10.7. The Morgan fingerprint density at radius 1 is 1.00 bits per heavy atom. The summed E-state index contributed by atoms with van der Waals surface area (Å²) in [5.74, 6) is 0.0804. The fraction of sp³-hybridized carbons (Fsp3) is 0.267. The van der Waals surface area contributed by atoms with Crippen molar-refractivity contribution in [3.8, 4) is 0 Å². The maximum Gasteiger partial charge on any atom is 0.209 e. The molecule has 0 saturated carbocycles. The lowest BCUT2D eigenvalue weighted by Gasteiger charge is -2.04. The number of aryl methyl sites for hydroxylation is 2. The zero-order chi connectivity index (χ0) is 12.6. The maximum absolute atomic E-state index is 12.4. The molecular formula is C15H17NO. The third-order valence-electron chi connectivity index (χ3n) is 3.43. The van der Waals surface area contributed by atoms with Gasteiger partial charge in [-0.3, -0.25) is 4.79 Å². The van der Waals surface area contributed by atoms with Crippen molar-refractivity contribution < 1.29 is 4.79 Å². The van der Waals surface area contributed by atoms with E-state index >= 15 is 0 Å². The number of rotatable bonds is 2. The van der Waals surface area contributed by atoms with E-state index in [4.69, 9.17) is 0 Å². The number of carbonyl (C=O) groups is 1. The van der Waals surface area contributed by atoms with Gasteiger partial charge in [0.05, 0.1) is 5.69 Å². The van der Waals surface area contributed by atoms with Gasteiger partial charge in [-0.1, -0.05) is 24.3 Å². The number of H-pyrrole nitrogens is 1.